The first-order chi connectivity index (χ1) is 9.19. The number of nitrogens with zero attached hydrogens (tertiary/aromatic N) is 3. The van der Waals surface area contributed by atoms with Crippen molar-refractivity contribution in [3.8, 4) is 6.07 Å². The molecule has 2 aliphatic rings. The normalized spacial score (nSPS) is 29.3. The summed E-state index contributed by atoms with van der Waals surface area (Å²) in [4.78, 5) is 17.5. The van der Waals surface area contributed by atoms with Crippen LogP contribution in [0.1, 0.15) is 30.5 Å². The Kier molecular flexibility index (Phi) is 2.96. The van der Waals surface area contributed by atoms with Gasteiger partial charge < -0.3 is 5.11 Å². The molecule has 1 aromatic heterocycles. The molecule has 19 heavy (non-hydrogen) atoms. The van der Waals surface area contributed by atoms with Gasteiger partial charge in [-0.2, -0.15) is 5.26 Å². The number of aliphatic carboxylic acids is 1. The topological polar surface area (TPSA) is 77.2 Å². The smallest absolute Gasteiger partial charge is 0.308 e. The molecule has 0 aliphatic carbocycles. The van der Waals surface area contributed by atoms with Crippen molar-refractivity contribution in [1.82, 2.24) is 9.88 Å². The number of rotatable bonds is 3. The van der Waals surface area contributed by atoms with Crippen LogP contribution in [0, 0.1) is 17.2 Å². The van der Waals surface area contributed by atoms with E-state index in [-0.39, 0.29) is 12.0 Å². The highest BCUT2D eigenvalue weighted by atomic mass is 16.4. The van der Waals surface area contributed by atoms with Gasteiger partial charge in [-0.25, -0.2) is 4.98 Å². The number of fused-ring (bicyclic) bond motifs is 2. The van der Waals surface area contributed by atoms with Crippen LogP contribution in [0.25, 0.3) is 0 Å². The summed E-state index contributed by atoms with van der Waals surface area (Å²) >= 11 is 0. The zero-order valence-electron chi connectivity index (χ0n) is 10.5. The van der Waals surface area contributed by atoms with Crippen LogP contribution >= 0.6 is 0 Å². The van der Waals surface area contributed by atoms with Crippen LogP contribution in [0.4, 0.5) is 0 Å². The number of hydrogen-bond acceptors (Lipinski definition) is 4. The molecule has 1 N–H and O–H groups in total. The summed E-state index contributed by atoms with van der Waals surface area (Å²) in [6.07, 6.45) is 4.46. The predicted octanol–water partition coefficient (Wildman–Crippen LogP) is 1.39. The fraction of sp³-hybridized carbons (Fsp3) is 0.500. The van der Waals surface area contributed by atoms with E-state index in [2.05, 4.69) is 9.88 Å². The number of aromatic nitrogens is 1. The van der Waals surface area contributed by atoms with Crippen LogP contribution in [0.3, 0.4) is 0 Å². The lowest BCUT2D eigenvalue weighted by Crippen LogP contribution is -2.32. The summed E-state index contributed by atoms with van der Waals surface area (Å²) in [7, 11) is 0. The van der Waals surface area contributed by atoms with Gasteiger partial charge in [0.2, 0.25) is 0 Å². The van der Waals surface area contributed by atoms with E-state index in [0.29, 0.717) is 11.7 Å². The second-order valence-electron chi connectivity index (χ2n) is 5.31. The number of hydrogen-bond donors (Lipinski definition) is 1. The molecule has 2 aliphatic heterocycles. The molecule has 3 rings (SSSR count). The first-order valence-electron chi connectivity index (χ1n) is 6.52. The van der Waals surface area contributed by atoms with Gasteiger partial charge in [-0.3, -0.25) is 9.69 Å². The summed E-state index contributed by atoms with van der Waals surface area (Å²) < 4.78 is 0. The average molecular weight is 257 g/mol. The molecule has 3 atom stereocenters. The van der Waals surface area contributed by atoms with Gasteiger partial charge in [0.25, 0.3) is 0 Å². The molecule has 0 saturated carbocycles. The molecular formula is C14H15N3O2. The van der Waals surface area contributed by atoms with E-state index >= 15 is 0 Å². The highest BCUT2D eigenvalue weighted by Gasteiger charge is 2.48. The summed E-state index contributed by atoms with van der Waals surface area (Å²) in [5.74, 6) is -0.902. The van der Waals surface area contributed by atoms with Crippen molar-refractivity contribution < 1.29 is 9.90 Å². The molecule has 0 amide bonds. The SMILES string of the molecule is N#Cc1cc(CN2C3CCC2C(C(=O)O)C3)ccn1. The minimum Gasteiger partial charge on any atom is -0.481 e. The monoisotopic (exact) mass is 257 g/mol. The lowest BCUT2D eigenvalue weighted by atomic mass is 9.89. The standard InChI is InChI=1S/C14H15N3O2/c15-7-10-5-9(3-4-16-10)8-17-11-1-2-13(17)12(6-11)14(18)19/h3-5,11-13H,1-2,6,8H2,(H,18,19). The fourth-order valence-corrected chi connectivity index (χ4v) is 3.46. The highest BCUT2D eigenvalue weighted by Crippen LogP contribution is 2.42. The highest BCUT2D eigenvalue weighted by molar-refractivity contribution is 5.71. The van der Waals surface area contributed by atoms with Crippen LogP contribution < -0.4 is 0 Å². The van der Waals surface area contributed by atoms with Crippen molar-refractivity contribution in [2.45, 2.75) is 37.9 Å². The summed E-state index contributed by atoms with van der Waals surface area (Å²) in [5.41, 5.74) is 1.45. The maximum atomic E-state index is 11.2. The predicted molar refractivity (Wildman–Crippen MR) is 67.0 cm³/mol. The lowest BCUT2D eigenvalue weighted by molar-refractivity contribution is -0.142. The van der Waals surface area contributed by atoms with E-state index in [1.165, 1.54) is 0 Å². The minimum absolute atomic E-state index is 0.154. The molecular weight excluding hydrogens is 242 g/mol. The van der Waals surface area contributed by atoms with E-state index in [1.54, 1.807) is 12.3 Å². The largest absolute Gasteiger partial charge is 0.481 e. The van der Waals surface area contributed by atoms with Gasteiger partial charge in [0.15, 0.2) is 0 Å². The molecule has 2 fully saturated rings. The maximum absolute atomic E-state index is 11.2. The maximum Gasteiger partial charge on any atom is 0.308 e. The third kappa shape index (κ3) is 2.08. The van der Waals surface area contributed by atoms with Crippen LogP contribution in [-0.2, 0) is 11.3 Å². The van der Waals surface area contributed by atoms with Gasteiger partial charge in [0, 0.05) is 24.8 Å². The Morgan fingerprint density at radius 1 is 1.58 bits per heavy atom. The average Bonchev–Trinajstić information content (AvgIpc) is 2.96. The summed E-state index contributed by atoms with van der Waals surface area (Å²) in [6.45, 7) is 0.719. The molecule has 3 heterocycles. The van der Waals surface area contributed by atoms with Gasteiger partial charge in [0.1, 0.15) is 11.8 Å². The quantitative estimate of drug-likeness (QED) is 0.885. The van der Waals surface area contributed by atoms with Crippen molar-refractivity contribution in [2.24, 2.45) is 5.92 Å². The Morgan fingerprint density at radius 3 is 3.11 bits per heavy atom. The Bertz CT molecular complexity index is 552. The van der Waals surface area contributed by atoms with Crippen LogP contribution in [0.15, 0.2) is 18.3 Å². The van der Waals surface area contributed by atoms with E-state index in [9.17, 15) is 9.90 Å². The van der Waals surface area contributed by atoms with Crippen LogP contribution in [-0.4, -0.2) is 33.0 Å². The first kappa shape index (κ1) is 12.1. The number of nitriles is 1. The van der Waals surface area contributed by atoms with Crippen LogP contribution in [0.2, 0.25) is 0 Å². The summed E-state index contributed by atoms with van der Waals surface area (Å²) in [5, 5.41) is 18.1. The molecule has 98 valence electrons. The van der Waals surface area contributed by atoms with E-state index in [1.807, 2.05) is 12.1 Å². The van der Waals surface area contributed by atoms with E-state index < -0.39 is 5.97 Å². The number of carboxylic acid groups (broad SMARTS) is 1. The molecule has 2 saturated heterocycles. The first-order valence-corrected chi connectivity index (χ1v) is 6.52. The van der Waals surface area contributed by atoms with Crippen molar-refractivity contribution in [3.05, 3.63) is 29.6 Å². The third-order valence-corrected chi connectivity index (χ3v) is 4.30. The van der Waals surface area contributed by atoms with E-state index in [0.717, 1.165) is 31.4 Å². The van der Waals surface area contributed by atoms with Gasteiger partial charge >= 0.3 is 5.97 Å². The Labute approximate surface area is 111 Å². The van der Waals surface area contributed by atoms with Crippen molar-refractivity contribution in [1.29, 1.82) is 5.26 Å². The van der Waals surface area contributed by atoms with Gasteiger partial charge in [0.05, 0.1) is 5.92 Å². The molecule has 5 nitrogen and oxygen atoms in total. The van der Waals surface area contributed by atoms with Crippen molar-refractivity contribution >= 4 is 5.97 Å². The molecule has 0 spiro atoms. The van der Waals surface area contributed by atoms with E-state index in [4.69, 9.17) is 5.26 Å². The molecule has 5 heteroatoms. The molecule has 2 bridgehead atoms. The Morgan fingerprint density at radius 2 is 2.42 bits per heavy atom. The van der Waals surface area contributed by atoms with Crippen molar-refractivity contribution in [2.75, 3.05) is 0 Å². The zero-order valence-corrected chi connectivity index (χ0v) is 10.5. The Hall–Kier alpha value is -1.93. The molecule has 0 radical (unpaired) electrons. The van der Waals surface area contributed by atoms with Crippen LogP contribution in [0.5, 0.6) is 0 Å². The molecule has 0 aromatic carbocycles. The number of pyridine rings is 1. The van der Waals surface area contributed by atoms with Gasteiger partial charge in [-0.15, -0.1) is 0 Å². The fourth-order valence-electron chi connectivity index (χ4n) is 3.46. The third-order valence-electron chi connectivity index (χ3n) is 4.30. The summed E-state index contributed by atoms with van der Waals surface area (Å²) in [6, 6.07) is 6.25. The number of carbonyl (C=O) groups is 1. The molecule has 1 aromatic rings. The Balaban J connectivity index is 1.77. The van der Waals surface area contributed by atoms with Gasteiger partial charge in [-0.1, -0.05) is 0 Å². The lowest BCUT2D eigenvalue weighted by Gasteiger charge is -2.22. The van der Waals surface area contributed by atoms with Gasteiger partial charge in [-0.05, 0) is 37.0 Å². The van der Waals surface area contributed by atoms with Crippen molar-refractivity contribution in [3.63, 3.8) is 0 Å². The second-order valence-corrected chi connectivity index (χ2v) is 5.31. The molecule has 3 unspecified atom stereocenters. The second kappa shape index (κ2) is 4.63. The minimum atomic E-state index is -0.676. The zero-order chi connectivity index (χ0) is 13.4. The number of carboxylic acids is 1.